The Hall–Kier alpha value is -0.910. The van der Waals surface area contributed by atoms with E-state index in [2.05, 4.69) is 33.7 Å². The molecule has 5 heteroatoms. The van der Waals surface area contributed by atoms with Crippen LogP contribution in [0.15, 0.2) is 12.4 Å². The topological polar surface area (TPSA) is 59.1 Å². The summed E-state index contributed by atoms with van der Waals surface area (Å²) in [5.41, 5.74) is 3.13. The number of nitrogens with zero attached hydrogens (tertiary/aromatic N) is 3. The van der Waals surface area contributed by atoms with Crippen LogP contribution in [0.1, 0.15) is 45.4 Å². The van der Waals surface area contributed by atoms with E-state index in [9.17, 15) is 0 Å². The summed E-state index contributed by atoms with van der Waals surface area (Å²) in [4.78, 5) is 6.98. The minimum atomic E-state index is 0.0837. The molecule has 0 bridgehead atoms. The molecule has 1 aromatic heterocycles. The highest BCUT2D eigenvalue weighted by Crippen LogP contribution is 2.25. The van der Waals surface area contributed by atoms with Gasteiger partial charge in [-0.25, -0.2) is 4.98 Å². The molecule has 2 rings (SSSR count). The first-order chi connectivity index (χ1) is 9.55. The minimum absolute atomic E-state index is 0.0837. The fraction of sp³-hybridized carbons (Fsp3) is 0.800. The first-order valence-corrected chi connectivity index (χ1v) is 7.73. The Morgan fingerprint density at radius 1 is 1.35 bits per heavy atom. The van der Waals surface area contributed by atoms with E-state index in [4.69, 9.17) is 5.84 Å². The van der Waals surface area contributed by atoms with Crippen LogP contribution in [0.25, 0.3) is 0 Å². The lowest BCUT2D eigenvalue weighted by Crippen LogP contribution is -2.60. The zero-order chi connectivity index (χ0) is 14.6. The second kappa shape index (κ2) is 6.70. The Kier molecular flexibility index (Phi) is 5.18. The molecule has 5 nitrogen and oxygen atoms in total. The van der Waals surface area contributed by atoms with Crippen molar-refractivity contribution in [2.24, 2.45) is 12.9 Å². The molecule has 0 radical (unpaired) electrons. The standard InChI is InChI=1S/C15H29N5/c1-15(2,20-10-5-4-6-11-20)13(18-16)7-8-14-17-9-12-19(14)3/h9,12-13,18H,4-8,10-11,16H2,1-3H3. The molecule has 1 saturated heterocycles. The SMILES string of the molecule is Cn1ccnc1CCC(NN)C(C)(C)N1CCCCC1. The number of imidazole rings is 1. The van der Waals surface area contributed by atoms with Gasteiger partial charge in [0, 0.05) is 37.4 Å². The van der Waals surface area contributed by atoms with E-state index in [1.165, 1.54) is 32.4 Å². The van der Waals surface area contributed by atoms with Gasteiger partial charge in [-0.2, -0.15) is 0 Å². The van der Waals surface area contributed by atoms with Gasteiger partial charge in [0.05, 0.1) is 0 Å². The van der Waals surface area contributed by atoms with Crippen molar-refractivity contribution < 1.29 is 0 Å². The molecule has 20 heavy (non-hydrogen) atoms. The highest BCUT2D eigenvalue weighted by molar-refractivity contribution is 4.98. The van der Waals surface area contributed by atoms with Crippen LogP contribution in [-0.2, 0) is 13.5 Å². The third-order valence-electron chi connectivity index (χ3n) is 4.80. The third-order valence-corrected chi connectivity index (χ3v) is 4.80. The van der Waals surface area contributed by atoms with Crippen molar-refractivity contribution in [1.29, 1.82) is 0 Å². The van der Waals surface area contributed by atoms with Crippen molar-refractivity contribution in [3.63, 3.8) is 0 Å². The number of nitrogens with two attached hydrogens (primary N) is 1. The molecule has 0 aliphatic carbocycles. The van der Waals surface area contributed by atoms with E-state index >= 15 is 0 Å². The van der Waals surface area contributed by atoms with Gasteiger partial charge in [0.2, 0.25) is 0 Å². The van der Waals surface area contributed by atoms with Gasteiger partial charge in [-0.1, -0.05) is 6.42 Å². The molecule has 1 unspecified atom stereocenters. The zero-order valence-corrected chi connectivity index (χ0v) is 13.1. The highest BCUT2D eigenvalue weighted by atomic mass is 15.3. The largest absolute Gasteiger partial charge is 0.338 e. The van der Waals surface area contributed by atoms with Crippen LogP contribution in [0.4, 0.5) is 0 Å². The van der Waals surface area contributed by atoms with Gasteiger partial charge in [0.25, 0.3) is 0 Å². The lowest BCUT2D eigenvalue weighted by atomic mass is 9.87. The number of hydrogen-bond donors (Lipinski definition) is 2. The summed E-state index contributed by atoms with van der Waals surface area (Å²) in [6.45, 7) is 6.99. The molecule has 0 aromatic carbocycles. The predicted molar refractivity (Wildman–Crippen MR) is 82.1 cm³/mol. The minimum Gasteiger partial charge on any atom is -0.338 e. The summed E-state index contributed by atoms with van der Waals surface area (Å²) in [7, 11) is 2.04. The number of hydrogen-bond acceptors (Lipinski definition) is 4. The van der Waals surface area contributed by atoms with Gasteiger partial charge in [-0.15, -0.1) is 0 Å². The number of hydrazine groups is 1. The van der Waals surface area contributed by atoms with Crippen molar-refractivity contribution in [3.05, 3.63) is 18.2 Å². The Bertz CT molecular complexity index is 406. The van der Waals surface area contributed by atoms with E-state index in [1.54, 1.807) is 0 Å². The molecule has 0 spiro atoms. The number of likely N-dealkylation sites (tertiary alicyclic amines) is 1. The first kappa shape index (κ1) is 15.5. The molecule has 1 aromatic rings. The van der Waals surface area contributed by atoms with Crippen LogP contribution in [-0.4, -0.2) is 39.1 Å². The van der Waals surface area contributed by atoms with Crippen LogP contribution >= 0.6 is 0 Å². The van der Waals surface area contributed by atoms with Crippen molar-refractivity contribution in [1.82, 2.24) is 19.9 Å². The Balaban J connectivity index is 1.97. The zero-order valence-electron chi connectivity index (χ0n) is 13.1. The van der Waals surface area contributed by atoms with E-state index < -0.39 is 0 Å². The summed E-state index contributed by atoms with van der Waals surface area (Å²) in [5.74, 6) is 6.96. The molecule has 2 heterocycles. The van der Waals surface area contributed by atoms with Crippen LogP contribution in [0, 0.1) is 0 Å². The predicted octanol–water partition coefficient (Wildman–Crippen LogP) is 1.45. The number of aromatic nitrogens is 2. The fourth-order valence-electron chi connectivity index (χ4n) is 3.24. The van der Waals surface area contributed by atoms with E-state index in [-0.39, 0.29) is 11.6 Å². The maximum Gasteiger partial charge on any atom is 0.108 e. The van der Waals surface area contributed by atoms with Gasteiger partial charge >= 0.3 is 0 Å². The van der Waals surface area contributed by atoms with Gasteiger partial charge in [-0.05, 0) is 46.2 Å². The van der Waals surface area contributed by atoms with Gasteiger partial charge in [0.15, 0.2) is 0 Å². The molecule has 0 amide bonds. The van der Waals surface area contributed by atoms with Crippen molar-refractivity contribution in [2.45, 2.75) is 57.5 Å². The molecule has 1 aliphatic heterocycles. The molecular formula is C15H29N5. The van der Waals surface area contributed by atoms with Crippen molar-refractivity contribution >= 4 is 0 Å². The Morgan fingerprint density at radius 2 is 2.05 bits per heavy atom. The lowest BCUT2D eigenvalue weighted by Gasteiger charge is -2.45. The number of aryl methyl sites for hydroxylation is 2. The van der Waals surface area contributed by atoms with Crippen LogP contribution in [0.5, 0.6) is 0 Å². The first-order valence-electron chi connectivity index (χ1n) is 7.73. The summed E-state index contributed by atoms with van der Waals surface area (Å²) in [6, 6.07) is 0.275. The average molecular weight is 279 g/mol. The van der Waals surface area contributed by atoms with Crippen LogP contribution < -0.4 is 11.3 Å². The fourth-order valence-corrected chi connectivity index (χ4v) is 3.24. The maximum absolute atomic E-state index is 5.84. The van der Waals surface area contributed by atoms with Crippen LogP contribution in [0.2, 0.25) is 0 Å². The number of nitrogens with one attached hydrogen (secondary N) is 1. The molecule has 1 aliphatic rings. The Labute approximate surface area is 122 Å². The monoisotopic (exact) mass is 279 g/mol. The summed E-state index contributed by atoms with van der Waals surface area (Å²) < 4.78 is 2.08. The van der Waals surface area contributed by atoms with E-state index in [0.29, 0.717) is 0 Å². The van der Waals surface area contributed by atoms with Crippen molar-refractivity contribution in [2.75, 3.05) is 13.1 Å². The quantitative estimate of drug-likeness (QED) is 0.611. The van der Waals surface area contributed by atoms with Gasteiger partial charge in [0.1, 0.15) is 5.82 Å². The number of rotatable bonds is 6. The lowest BCUT2D eigenvalue weighted by molar-refractivity contribution is 0.0581. The second-order valence-corrected chi connectivity index (χ2v) is 6.41. The van der Waals surface area contributed by atoms with Crippen LogP contribution in [0.3, 0.4) is 0 Å². The molecule has 1 atom stereocenters. The molecular weight excluding hydrogens is 250 g/mol. The molecule has 3 N–H and O–H groups in total. The average Bonchev–Trinajstić information content (AvgIpc) is 2.86. The summed E-state index contributed by atoms with van der Waals surface area (Å²) in [6.07, 6.45) is 9.78. The number of piperidine rings is 1. The third kappa shape index (κ3) is 3.40. The summed E-state index contributed by atoms with van der Waals surface area (Å²) in [5, 5.41) is 0. The second-order valence-electron chi connectivity index (χ2n) is 6.41. The Morgan fingerprint density at radius 3 is 2.60 bits per heavy atom. The van der Waals surface area contributed by atoms with E-state index in [1.807, 2.05) is 19.4 Å². The highest BCUT2D eigenvalue weighted by Gasteiger charge is 2.35. The van der Waals surface area contributed by atoms with Gasteiger partial charge < -0.3 is 4.57 Å². The summed E-state index contributed by atoms with van der Waals surface area (Å²) >= 11 is 0. The van der Waals surface area contributed by atoms with Gasteiger partial charge in [-0.3, -0.25) is 16.2 Å². The molecule has 114 valence electrons. The maximum atomic E-state index is 5.84. The molecule has 0 saturated carbocycles. The molecule has 1 fully saturated rings. The van der Waals surface area contributed by atoms with E-state index in [0.717, 1.165) is 18.7 Å². The normalized spacial score (nSPS) is 19.2. The smallest absolute Gasteiger partial charge is 0.108 e. The van der Waals surface area contributed by atoms with Crippen molar-refractivity contribution in [3.8, 4) is 0 Å².